The van der Waals surface area contributed by atoms with E-state index in [0.717, 1.165) is 6.39 Å². The summed E-state index contributed by atoms with van der Waals surface area (Å²) in [4.78, 5) is 3.38. The number of rotatable bonds is 0. The SMILES string of the molecule is Nc1ncoc1O. The Hall–Kier alpha value is -1.19. The van der Waals surface area contributed by atoms with Crippen LogP contribution in [-0.2, 0) is 0 Å². The van der Waals surface area contributed by atoms with E-state index in [9.17, 15) is 0 Å². The molecule has 1 aromatic rings. The average Bonchev–Trinajstić information content (AvgIpc) is 1.91. The van der Waals surface area contributed by atoms with Crippen molar-refractivity contribution in [3.8, 4) is 5.95 Å². The van der Waals surface area contributed by atoms with Gasteiger partial charge in [0.25, 0.3) is 0 Å². The molecular formula is C3H4N2O2. The Morgan fingerprint density at radius 2 is 2.57 bits per heavy atom. The smallest absolute Gasteiger partial charge is 0.327 e. The molecule has 4 nitrogen and oxygen atoms in total. The minimum absolute atomic E-state index is 0.0278. The van der Waals surface area contributed by atoms with Crippen LogP contribution in [0.2, 0.25) is 0 Å². The third-order valence-electron chi connectivity index (χ3n) is 0.575. The Balaban J connectivity index is 3.12. The lowest BCUT2D eigenvalue weighted by atomic mass is 10.8. The summed E-state index contributed by atoms with van der Waals surface area (Å²) in [6, 6.07) is 0. The lowest BCUT2D eigenvalue weighted by Gasteiger charge is -1.76. The van der Waals surface area contributed by atoms with Crippen molar-refractivity contribution >= 4 is 5.82 Å². The van der Waals surface area contributed by atoms with Crippen LogP contribution in [0.3, 0.4) is 0 Å². The molecule has 0 aromatic carbocycles. The maximum absolute atomic E-state index is 8.41. The first-order chi connectivity index (χ1) is 3.30. The topological polar surface area (TPSA) is 72.3 Å². The van der Waals surface area contributed by atoms with Gasteiger partial charge in [0.15, 0.2) is 6.39 Å². The van der Waals surface area contributed by atoms with Gasteiger partial charge in [0, 0.05) is 0 Å². The van der Waals surface area contributed by atoms with Crippen LogP contribution in [0.4, 0.5) is 5.82 Å². The Morgan fingerprint density at radius 3 is 2.71 bits per heavy atom. The van der Waals surface area contributed by atoms with E-state index in [4.69, 9.17) is 10.8 Å². The number of nitrogens with zero attached hydrogens (tertiary/aromatic N) is 1. The van der Waals surface area contributed by atoms with E-state index in [1.54, 1.807) is 0 Å². The van der Waals surface area contributed by atoms with Crippen molar-refractivity contribution in [3.05, 3.63) is 6.39 Å². The summed E-state index contributed by atoms with van der Waals surface area (Å²) >= 11 is 0. The number of oxazole rings is 1. The van der Waals surface area contributed by atoms with Gasteiger partial charge in [-0.3, -0.25) is 0 Å². The number of aromatic hydroxyl groups is 1. The Labute approximate surface area is 39.6 Å². The summed E-state index contributed by atoms with van der Waals surface area (Å²) < 4.78 is 4.28. The second-order valence-corrected chi connectivity index (χ2v) is 1.04. The molecule has 0 atom stereocenters. The van der Waals surface area contributed by atoms with Gasteiger partial charge >= 0.3 is 5.95 Å². The van der Waals surface area contributed by atoms with Crippen molar-refractivity contribution in [1.82, 2.24) is 4.98 Å². The molecule has 3 N–H and O–H groups in total. The summed E-state index contributed by atoms with van der Waals surface area (Å²) in [5, 5.41) is 8.41. The zero-order chi connectivity index (χ0) is 5.28. The first-order valence-corrected chi connectivity index (χ1v) is 1.68. The molecule has 0 radical (unpaired) electrons. The largest absolute Gasteiger partial charge is 0.478 e. The van der Waals surface area contributed by atoms with Gasteiger partial charge in [0.1, 0.15) is 0 Å². The second-order valence-electron chi connectivity index (χ2n) is 1.04. The third kappa shape index (κ3) is 0.489. The van der Waals surface area contributed by atoms with E-state index < -0.39 is 0 Å². The molecule has 0 aliphatic rings. The van der Waals surface area contributed by atoms with Gasteiger partial charge in [0.2, 0.25) is 5.82 Å². The average molecular weight is 100 g/mol. The molecule has 0 saturated carbocycles. The molecule has 0 saturated heterocycles. The van der Waals surface area contributed by atoms with Gasteiger partial charge in [-0.05, 0) is 0 Å². The molecule has 1 heterocycles. The maximum Gasteiger partial charge on any atom is 0.327 e. The van der Waals surface area contributed by atoms with E-state index in [2.05, 4.69) is 9.40 Å². The molecule has 1 aromatic heterocycles. The molecule has 4 heteroatoms. The summed E-state index contributed by atoms with van der Waals surface area (Å²) in [6.07, 6.45) is 1.07. The summed E-state index contributed by atoms with van der Waals surface area (Å²) in [5.74, 6) is -0.292. The van der Waals surface area contributed by atoms with E-state index in [0.29, 0.717) is 0 Å². The maximum atomic E-state index is 8.41. The van der Waals surface area contributed by atoms with Crippen LogP contribution in [0.5, 0.6) is 5.95 Å². The van der Waals surface area contributed by atoms with Gasteiger partial charge in [-0.15, -0.1) is 0 Å². The number of hydrogen-bond acceptors (Lipinski definition) is 4. The molecule has 1 rings (SSSR count). The van der Waals surface area contributed by atoms with E-state index in [1.165, 1.54) is 0 Å². The monoisotopic (exact) mass is 100 g/mol. The highest BCUT2D eigenvalue weighted by molar-refractivity contribution is 5.34. The molecule has 0 fully saturated rings. The van der Waals surface area contributed by atoms with Crippen molar-refractivity contribution < 1.29 is 9.52 Å². The molecule has 38 valence electrons. The van der Waals surface area contributed by atoms with E-state index >= 15 is 0 Å². The highest BCUT2D eigenvalue weighted by Crippen LogP contribution is 2.14. The number of anilines is 1. The predicted octanol–water partition coefficient (Wildman–Crippen LogP) is -0.0376. The van der Waals surface area contributed by atoms with Crippen molar-refractivity contribution in [2.75, 3.05) is 5.73 Å². The highest BCUT2D eigenvalue weighted by Gasteiger charge is 1.95. The van der Waals surface area contributed by atoms with Crippen molar-refractivity contribution in [2.45, 2.75) is 0 Å². The first-order valence-electron chi connectivity index (χ1n) is 1.68. The van der Waals surface area contributed by atoms with Gasteiger partial charge in [-0.2, -0.15) is 4.98 Å². The van der Waals surface area contributed by atoms with Crippen LogP contribution >= 0.6 is 0 Å². The van der Waals surface area contributed by atoms with Gasteiger partial charge < -0.3 is 15.3 Å². The minimum atomic E-state index is -0.319. The number of hydrogen-bond donors (Lipinski definition) is 2. The molecule has 0 amide bonds. The fourth-order valence-electron chi connectivity index (χ4n) is 0.249. The van der Waals surface area contributed by atoms with Crippen LogP contribution < -0.4 is 5.73 Å². The zero-order valence-corrected chi connectivity index (χ0v) is 3.46. The molecule has 7 heavy (non-hydrogen) atoms. The molecule has 0 spiro atoms. The zero-order valence-electron chi connectivity index (χ0n) is 3.46. The van der Waals surface area contributed by atoms with Crippen LogP contribution in [0.1, 0.15) is 0 Å². The summed E-state index contributed by atoms with van der Waals surface area (Å²) in [7, 11) is 0. The van der Waals surface area contributed by atoms with E-state index in [1.807, 2.05) is 0 Å². The van der Waals surface area contributed by atoms with Crippen LogP contribution in [0, 0.1) is 0 Å². The van der Waals surface area contributed by atoms with Crippen LogP contribution in [-0.4, -0.2) is 10.1 Å². The molecule has 0 bridgehead atoms. The number of aromatic nitrogens is 1. The molecular weight excluding hydrogens is 96.0 g/mol. The molecule has 0 aliphatic heterocycles. The van der Waals surface area contributed by atoms with Gasteiger partial charge in [-0.1, -0.05) is 0 Å². The fourth-order valence-corrected chi connectivity index (χ4v) is 0.249. The molecule has 0 unspecified atom stereocenters. The normalized spacial score (nSPS) is 9.14. The van der Waals surface area contributed by atoms with Crippen molar-refractivity contribution in [3.63, 3.8) is 0 Å². The lowest BCUT2D eigenvalue weighted by Crippen LogP contribution is -1.81. The third-order valence-corrected chi connectivity index (χ3v) is 0.575. The summed E-state index contributed by atoms with van der Waals surface area (Å²) in [5.41, 5.74) is 4.98. The standard InChI is InChI=1S/C3H4N2O2/c4-2-3(6)7-1-5-2/h1,6H,4H2. The van der Waals surface area contributed by atoms with Gasteiger partial charge in [0.05, 0.1) is 0 Å². The Kier molecular flexibility index (Phi) is 0.651. The number of nitrogens with two attached hydrogens (primary N) is 1. The quantitative estimate of drug-likeness (QED) is 0.480. The summed E-state index contributed by atoms with van der Waals surface area (Å²) in [6.45, 7) is 0. The minimum Gasteiger partial charge on any atom is -0.478 e. The predicted molar refractivity (Wildman–Crippen MR) is 22.6 cm³/mol. The fraction of sp³-hybridized carbons (Fsp3) is 0. The Bertz CT molecular complexity index is 143. The Morgan fingerprint density at radius 1 is 1.86 bits per heavy atom. The highest BCUT2D eigenvalue weighted by atomic mass is 16.5. The molecule has 0 aliphatic carbocycles. The van der Waals surface area contributed by atoms with Crippen molar-refractivity contribution in [2.24, 2.45) is 0 Å². The number of nitrogen functional groups attached to an aromatic ring is 1. The lowest BCUT2D eigenvalue weighted by molar-refractivity contribution is 0.334. The van der Waals surface area contributed by atoms with Crippen LogP contribution in [0.25, 0.3) is 0 Å². The van der Waals surface area contributed by atoms with Crippen molar-refractivity contribution in [1.29, 1.82) is 0 Å². The second kappa shape index (κ2) is 1.14. The van der Waals surface area contributed by atoms with Crippen LogP contribution in [0.15, 0.2) is 10.8 Å². The van der Waals surface area contributed by atoms with E-state index in [-0.39, 0.29) is 11.8 Å². The van der Waals surface area contributed by atoms with Gasteiger partial charge in [-0.25, -0.2) is 0 Å². The first kappa shape index (κ1) is 3.98.